The second-order valence-corrected chi connectivity index (χ2v) is 3.94. The zero-order valence-electron chi connectivity index (χ0n) is 9.44. The van der Waals surface area contributed by atoms with E-state index in [1.54, 1.807) is 0 Å². The molecule has 108 valence electrons. The van der Waals surface area contributed by atoms with Crippen LogP contribution >= 0.6 is 11.6 Å². The quantitative estimate of drug-likeness (QED) is 0.622. The van der Waals surface area contributed by atoms with Gasteiger partial charge in [-0.3, -0.25) is 0 Å². The Morgan fingerprint density at radius 2 is 1.68 bits per heavy atom. The average molecular weight is 308 g/mol. The topological polar surface area (TPSA) is 22.1 Å². The van der Waals surface area contributed by atoms with E-state index in [4.69, 9.17) is 11.6 Å². The van der Waals surface area contributed by atoms with Crippen LogP contribution in [0.2, 0.25) is 0 Å². The number of pyridine rings is 1. The molecule has 2 nitrogen and oxygen atoms in total. The minimum absolute atomic E-state index is 0.0809. The van der Waals surface area contributed by atoms with E-state index in [9.17, 15) is 26.3 Å². The minimum Gasteiger partial charge on any atom is -0.455 e. The first-order chi connectivity index (χ1) is 8.54. The fourth-order valence-electron chi connectivity index (χ4n) is 1.28. The third-order valence-electron chi connectivity index (χ3n) is 1.98. The van der Waals surface area contributed by atoms with Crippen LogP contribution in [0.5, 0.6) is 5.88 Å². The number of nitrogens with zero attached hydrogens (tertiary/aromatic N) is 1. The molecule has 0 aliphatic heterocycles. The first-order valence-corrected chi connectivity index (χ1v) is 5.41. The number of hydrogen-bond acceptors (Lipinski definition) is 2. The second kappa shape index (κ2) is 5.44. The molecule has 1 rings (SSSR count). The summed E-state index contributed by atoms with van der Waals surface area (Å²) in [5.74, 6) is -0.849. The van der Waals surface area contributed by atoms with Crippen molar-refractivity contribution in [2.45, 2.75) is 31.3 Å². The van der Waals surface area contributed by atoms with Crippen LogP contribution in [0, 0.1) is 6.92 Å². The van der Waals surface area contributed by atoms with Crippen LogP contribution in [0.3, 0.4) is 0 Å². The summed E-state index contributed by atoms with van der Waals surface area (Å²) in [5, 5.41) is 0. The van der Waals surface area contributed by atoms with E-state index in [0.29, 0.717) is 5.56 Å². The highest BCUT2D eigenvalue weighted by molar-refractivity contribution is 6.17. The third kappa shape index (κ3) is 4.45. The predicted octanol–water partition coefficient (Wildman–Crippen LogP) is 4.00. The molecule has 0 aliphatic rings. The lowest BCUT2D eigenvalue weighted by molar-refractivity contribution is -0.300. The molecule has 0 fully saturated rings. The highest BCUT2D eigenvalue weighted by Gasteiger charge is 2.59. The minimum atomic E-state index is -5.58. The number of hydrogen-bond donors (Lipinski definition) is 0. The van der Waals surface area contributed by atoms with Gasteiger partial charge in [0.05, 0.1) is 0 Å². The Morgan fingerprint density at radius 3 is 2.11 bits per heavy atom. The Morgan fingerprint density at radius 1 is 1.16 bits per heavy atom. The van der Waals surface area contributed by atoms with Crippen molar-refractivity contribution >= 4 is 11.6 Å². The molecule has 0 saturated carbocycles. The van der Waals surface area contributed by atoms with Gasteiger partial charge in [-0.05, 0) is 18.6 Å². The predicted molar refractivity (Wildman–Crippen MR) is 55.1 cm³/mol. The molecule has 0 bridgehead atoms. The highest BCUT2D eigenvalue weighted by Crippen LogP contribution is 2.36. The summed E-state index contributed by atoms with van der Waals surface area (Å²) < 4.78 is 77.7. The molecule has 0 aromatic carbocycles. The van der Waals surface area contributed by atoms with Crippen molar-refractivity contribution in [3.8, 4) is 5.88 Å². The van der Waals surface area contributed by atoms with Gasteiger partial charge in [-0.2, -0.15) is 26.3 Å². The molecular formula is C10H8ClF6NO. The van der Waals surface area contributed by atoms with E-state index < -0.39 is 24.3 Å². The Balaban J connectivity index is 3.07. The fourth-order valence-corrected chi connectivity index (χ4v) is 1.44. The van der Waals surface area contributed by atoms with Crippen LogP contribution in [-0.2, 0) is 5.88 Å². The molecule has 1 heterocycles. The first kappa shape index (κ1) is 15.9. The van der Waals surface area contributed by atoms with Crippen LogP contribution in [0.1, 0.15) is 11.3 Å². The number of aryl methyl sites for hydroxylation is 1. The number of aromatic nitrogens is 1. The second-order valence-electron chi connectivity index (χ2n) is 3.67. The van der Waals surface area contributed by atoms with E-state index in [1.807, 2.05) is 0 Å². The molecule has 0 radical (unpaired) electrons. The molecule has 0 spiro atoms. The van der Waals surface area contributed by atoms with Crippen molar-refractivity contribution in [1.82, 2.24) is 4.98 Å². The summed E-state index contributed by atoms with van der Waals surface area (Å²) in [7, 11) is 0. The van der Waals surface area contributed by atoms with Gasteiger partial charge in [-0.15, -0.1) is 11.6 Å². The normalized spacial score (nSPS) is 12.9. The van der Waals surface area contributed by atoms with Crippen molar-refractivity contribution in [2.75, 3.05) is 0 Å². The van der Waals surface area contributed by atoms with Crippen molar-refractivity contribution in [3.63, 3.8) is 0 Å². The molecule has 0 atom stereocenters. The monoisotopic (exact) mass is 307 g/mol. The van der Waals surface area contributed by atoms with Crippen LogP contribution in [0.25, 0.3) is 0 Å². The molecule has 0 amide bonds. The van der Waals surface area contributed by atoms with Crippen molar-refractivity contribution in [2.24, 2.45) is 0 Å². The van der Waals surface area contributed by atoms with Crippen LogP contribution in [0.15, 0.2) is 12.1 Å². The standard InChI is InChI=1S/C10H8ClF6NO/c1-5-2-6(4-11)3-7(18-5)19-8(9(12,13)14)10(15,16)17/h2-3,8H,4H2,1H3. The fraction of sp³-hybridized carbons (Fsp3) is 0.500. The lowest BCUT2D eigenvalue weighted by Crippen LogP contribution is -2.46. The Kier molecular flexibility index (Phi) is 4.54. The Bertz CT molecular complexity index is 431. The lowest BCUT2D eigenvalue weighted by atomic mass is 10.2. The van der Waals surface area contributed by atoms with E-state index in [0.717, 1.165) is 6.07 Å². The van der Waals surface area contributed by atoms with Crippen molar-refractivity contribution in [3.05, 3.63) is 23.4 Å². The molecular weight excluding hydrogens is 300 g/mol. The maximum absolute atomic E-state index is 12.3. The smallest absolute Gasteiger partial charge is 0.434 e. The molecule has 0 N–H and O–H groups in total. The summed E-state index contributed by atoms with van der Waals surface area (Å²) in [6.45, 7) is 1.40. The molecule has 1 aromatic rings. The molecule has 19 heavy (non-hydrogen) atoms. The Hall–Kier alpha value is -1.18. The van der Waals surface area contributed by atoms with Gasteiger partial charge >= 0.3 is 12.4 Å². The summed E-state index contributed by atoms with van der Waals surface area (Å²) in [6, 6.07) is 2.36. The SMILES string of the molecule is Cc1cc(CCl)cc(OC(C(F)(F)F)C(F)(F)F)n1. The van der Waals surface area contributed by atoms with E-state index in [-0.39, 0.29) is 11.6 Å². The maximum Gasteiger partial charge on any atom is 0.434 e. The van der Waals surface area contributed by atoms with Crippen molar-refractivity contribution in [1.29, 1.82) is 0 Å². The van der Waals surface area contributed by atoms with Gasteiger partial charge in [0.2, 0.25) is 5.88 Å². The summed E-state index contributed by atoms with van der Waals surface area (Å²) in [6.07, 6.45) is -15.1. The van der Waals surface area contributed by atoms with Crippen LogP contribution < -0.4 is 4.74 Å². The molecule has 0 unspecified atom stereocenters. The molecule has 0 saturated heterocycles. The van der Waals surface area contributed by atoms with Gasteiger partial charge in [-0.25, -0.2) is 4.98 Å². The van der Waals surface area contributed by atoms with Crippen LogP contribution in [-0.4, -0.2) is 23.4 Å². The molecule has 0 aliphatic carbocycles. The first-order valence-electron chi connectivity index (χ1n) is 4.87. The number of halogens is 7. The average Bonchev–Trinajstić information content (AvgIpc) is 2.22. The number of ether oxygens (including phenoxy) is 1. The van der Waals surface area contributed by atoms with E-state index in [1.165, 1.54) is 13.0 Å². The largest absolute Gasteiger partial charge is 0.455 e. The van der Waals surface area contributed by atoms with Crippen molar-refractivity contribution < 1.29 is 31.1 Å². The zero-order chi connectivity index (χ0) is 14.8. The van der Waals surface area contributed by atoms with Crippen LogP contribution in [0.4, 0.5) is 26.3 Å². The summed E-state index contributed by atoms with van der Waals surface area (Å²) in [4.78, 5) is 3.47. The highest BCUT2D eigenvalue weighted by atomic mass is 35.5. The van der Waals surface area contributed by atoms with Gasteiger partial charge in [0.1, 0.15) is 0 Å². The van der Waals surface area contributed by atoms with E-state index in [2.05, 4.69) is 9.72 Å². The zero-order valence-corrected chi connectivity index (χ0v) is 10.2. The third-order valence-corrected chi connectivity index (χ3v) is 2.29. The summed E-state index contributed by atoms with van der Waals surface area (Å²) in [5.41, 5.74) is 0.517. The van der Waals surface area contributed by atoms with Gasteiger partial charge in [-0.1, -0.05) is 0 Å². The van der Waals surface area contributed by atoms with Gasteiger partial charge < -0.3 is 4.74 Å². The van der Waals surface area contributed by atoms with E-state index >= 15 is 0 Å². The Labute approximate surface area is 109 Å². The van der Waals surface area contributed by atoms with Gasteiger partial charge in [0, 0.05) is 17.6 Å². The number of rotatable bonds is 3. The molecule has 9 heteroatoms. The lowest BCUT2D eigenvalue weighted by Gasteiger charge is -2.23. The maximum atomic E-state index is 12.3. The molecule has 1 aromatic heterocycles. The van der Waals surface area contributed by atoms with Gasteiger partial charge in [0.25, 0.3) is 6.10 Å². The van der Waals surface area contributed by atoms with Gasteiger partial charge in [0.15, 0.2) is 0 Å². The summed E-state index contributed by atoms with van der Waals surface area (Å²) >= 11 is 5.46. The number of alkyl halides is 7.